The Labute approximate surface area is 107 Å². The highest BCUT2D eigenvalue weighted by Crippen LogP contribution is 2.15. The number of carbonyl (C=O) groups is 1. The summed E-state index contributed by atoms with van der Waals surface area (Å²) in [5.74, 6) is -0.716. The number of aromatic amines is 1. The van der Waals surface area contributed by atoms with Crippen LogP contribution in [0.3, 0.4) is 0 Å². The zero-order valence-electron chi connectivity index (χ0n) is 9.36. The van der Waals surface area contributed by atoms with Gasteiger partial charge < -0.3 is 5.32 Å². The number of nitrogens with zero attached hydrogens (tertiary/aromatic N) is 3. The van der Waals surface area contributed by atoms with E-state index in [1.165, 1.54) is 12.1 Å². The summed E-state index contributed by atoms with van der Waals surface area (Å²) < 4.78 is 23.8. The van der Waals surface area contributed by atoms with Crippen LogP contribution in [0.4, 0.5) is 11.4 Å². The molecular formula is C8H9N7O3S. The molecule has 1 aromatic heterocycles. The second-order valence-corrected chi connectivity index (χ2v) is 4.71. The molecular weight excluding hydrogens is 274 g/mol. The predicted molar refractivity (Wildman–Crippen MR) is 65.3 cm³/mol. The SMILES string of the molecule is NS(=O)(=O)Nc1cccc(NC(=O)c2nn[nH]n2)c1. The van der Waals surface area contributed by atoms with Crippen LogP contribution in [0.1, 0.15) is 10.6 Å². The highest BCUT2D eigenvalue weighted by atomic mass is 32.2. The fourth-order valence-corrected chi connectivity index (χ4v) is 1.73. The molecule has 0 radical (unpaired) electrons. The van der Waals surface area contributed by atoms with E-state index in [2.05, 4.69) is 30.7 Å². The van der Waals surface area contributed by atoms with Crippen molar-refractivity contribution in [1.29, 1.82) is 0 Å². The third-order valence-corrected chi connectivity index (χ3v) is 2.45. The third-order valence-electron chi connectivity index (χ3n) is 1.93. The van der Waals surface area contributed by atoms with Gasteiger partial charge in [0.05, 0.1) is 5.69 Å². The Kier molecular flexibility index (Phi) is 3.39. The van der Waals surface area contributed by atoms with Gasteiger partial charge in [0, 0.05) is 5.69 Å². The van der Waals surface area contributed by atoms with E-state index >= 15 is 0 Å². The minimum atomic E-state index is -3.87. The number of anilines is 2. The lowest BCUT2D eigenvalue weighted by molar-refractivity contribution is 0.101. The summed E-state index contributed by atoms with van der Waals surface area (Å²) in [6, 6.07) is 5.97. The number of benzene rings is 1. The minimum Gasteiger partial charge on any atom is -0.319 e. The van der Waals surface area contributed by atoms with Crippen molar-refractivity contribution in [3.63, 3.8) is 0 Å². The quantitative estimate of drug-likeness (QED) is 0.567. The maximum Gasteiger partial charge on any atom is 0.297 e. The van der Waals surface area contributed by atoms with E-state index in [0.29, 0.717) is 5.69 Å². The number of rotatable bonds is 4. The van der Waals surface area contributed by atoms with E-state index in [4.69, 9.17) is 5.14 Å². The van der Waals surface area contributed by atoms with Crippen LogP contribution in [0.15, 0.2) is 24.3 Å². The molecule has 19 heavy (non-hydrogen) atoms. The number of carbonyl (C=O) groups excluding carboxylic acids is 1. The average Bonchev–Trinajstić information content (AvgIpc) is 2.80. The van der Waals surface area contributed by atoms with Gasteiger partial charge in [-0.05, 0) is 23.4 Å². The number of aromatic nitrogens is 4. The second-order valence-electron chi connectivity index (χ2n) is 3.42. The zero-order chi connectivity index (χ0) is 13.9. The molecule has 0 bridgehead atoms. The van der Waals surface area contributed by atoms with Gasteiger partial charge in [-0.2, -0.15) is 13.6 Å². The number of nitrogens with one attached hydrogen (secondary N) is 3. The molecule has 1 aromatic carbocycles. The third kappa shape index (κ3) is 3.72. The average molecular weight is 283 g/mol. The Bertz CT molecular complexity index is 682. The van der Waals surface area contributed by atoms with Crippen LogP contribution >= 0.6 is 0 Å². The van der Waals surface area contributed by atoms with Crippen LogP contribution in [-0.4, -0.2) is 34.9 Å². The van der Waals surface area contributed by atoms with Crippen LogP contribution < -0.4 is 15.2 Å². The topological polar surface area (TPSA) is 156 Å². The maximum absolute atomic E-state index is 11.6. The zero-order valence-corrected chi connectivity index (χ0v) is 10.2. The molecule has 2 rings (SSSR count). The minimum absolute atomic E-state index is 0.134. The summed E-state index contributed by atoms with van der Waals surface area (Å²) in [5.41, 5.74) is 0.567. The van der Waals surface area contributed by atoms with Crippen LogP contribution in [0.2, 0.25) is 0 Å². The smallest absolute Gasteiger partial charge is 0.297 e. The lowest BCUT2D eigenvalue weighted by Crippen LogP contribution is -2.21. The van der Waals surface area contributed by atoms with Gasteiger partial charge in [-0.25, -0.2) is 5.14 Å². The predicted octanol–water partition coefficient (Wildman–Crippen LogP) is -0.933. The molecule has 100 valence electrons. The molecule has 0 spiro atoms. The Morgan fingerprint density at radius 1 is 1.32 bits per heavy atom. The number of amides is 1. The Morgan fingerprint density at radius 3 is 2.68 bits per heavy atom. The van der Waals surface area contributed by atoms with Gasteiger partial charge in [-0.1, -0.05) is 6.07 Å². The first kappa shape index (κ1) is 12.9. The number of hydrogen-bond acceptors (Lipinski definition) is 6. The molecule has 1 heterocycles. The van der Waals surface area contributed by atoms with E-state index in [1.807, 2.05) is 0 Å². The van der Waals surface area contributed by atoms with Crippen LogP contribution in [0.5, 0.6) is 0 Å². The van der Waals surface area contributed by atoms with Gasteiger partial charge in [-0.15, -0.1) is 10.2 Å². The van der Waals surface area contributed by atoms with Crippen molar-refractivity contribution < 1.29 is 13.2 Å². The van der Waals surface area contributed by atoms with Crippen molar-refractivity contribution in [1.82, 2.24) is 20.6 Å². The molecule has 10 nitrogen and oxygen atoms in total. The molecule has 0 saturated heterocycles. The summed E-state index contributed by atoms with van der Waals surface area (Å²) in [6.07, 6.45) is 0. The van der Waals surface area contributed by atoms with Gasteiger partial charge in [0.1, 0.15) is 0 Å². The second kappa shape index (κ2) is 4.99. The first-order chi connectivity index (χ1) is 8.94. The van der Waals surface area contributed by atoms with Crippen LogP contribution in [0, 0.1) is 0 Å². The number of H-pyrrole nitrogens is 1. The van der Waals surface area contributed by atoms with E-state index in [-0.39, 0.29) is 11.5 Å². The highest BCUT2D eigenvalue weighted by Gasteiger charge is 2.11. The van der Waals surface area contributed by atoms with Gasteiger partial charge in [0.2, 0.25) is 0 Å². The summed E-state index contributed by atoms with van der Waals surface area (Å²) in [7, 11) is -3.87. The highest BCUT2D eigenvalue weighted by molar-refractivity contribution is 7.90. The lowest BCUT2D eigenvalue weighted by Gasteiger charge is -2.06. The van der Waals surface area contributed by atoms with Gasteiger partial charge in [0.15, 0.2) is 0 Å². The Morgan fingerprint density at radius 2 is 2.05 bits per heavy atom. The number of hydrogen-bond donors (Lipinski definition) is 4. The van der Waals surface area contributed by atoms with Crippen molar-refractivity contribution in [3.8, 4) is 0 Å². The van der Waals surface area contributed by atoms with Crippen molar-refractivity contribution in [2.45, 2.75) is 0 Å². The molecule has 5 N–H and O–H groups in total. The molecule has 2 aromatic rings. The number of nitrogens with two attached hydrogens (primary N) is 1. The molecule has 0 saturated carbocycles. The Balaban J connectivity index is 2.13. The van der Waals surface area contributed by atoms with Gasteiger partial charge in [-0.3, -0.25) is 9.52 Å². The van der Waals surface area contributed by atoms with E-state index in [0.717, 1.165) is 0 Å². The fourth-order valence-electron chi connectivity index (χ4n) is 1.27. The van der Waals surface area contributed by atoms with E-state index < -0.39 is 16.1 Å². The summed E-state index contributed by atoms with van der Waals surface area (Å²) in [4.78, 5) is 11.6. The molecule has 11 heteroatoms. The first-order valence-corrected chi connectivity index (χ1v) is 6.44. The van der Waals surface area contributed by atoms with Gasteiger partial charge in [0.25, 0.3) is 21.9 Å². The van der Waals surface area contributed by atoms with E-state index in [9.17, 15) is 13.2 Å². The molecule has 0 fully saturated rings. The van der Waals surface area contributed by atoms with Crippen molar-refractivity contribution >= 4 is 27.5 Å². The molecule has 1 amide bonds. The summed E-state index contributed by atoms with van der Waals surface area (Å²) in [5, 5.41) is 19.7. The fraction of sp³-hybridized carbons (Fsp3) is 0. The molecule has 0 unspecified atom stereocenters. The largest absolute Gasteiger partial charge is 0.319 e. The first-order valence-electron chi connectivity index (χ1n) is 4.89. The normalized spacial score (nSPS) is 11.0. The van der Waals surface area contributed by atoms with Crippen molar-refractivity contribution in [2.75, 3.05) is 10.0 Å². The summed E-state index contributed by atoms with van der Waals surface area (Å²) >= 11 is 0. The molecule has 0 atom stereocenters. The maximum atomic E-state index is 11.6. The van der Waals surface area contributed by atoms with Crippen molar-refractivity contribution in [3.05, 3.63) is 30.1 Å². The molecule has 0 aliphatic carbocycles. The standard InChI is InChI=1S/C8H9N7O3S/c9-19(17,18)13-6-3-1-2-5(4-6)10-8(16)7-11-14-15-12-7/h1-4,13H,(H,10,16)(H2,9,17,18)(H,11,12,14,15). The molecule has 0 aliphatic heterocycles. The summed E-state index contributed by atoms with van der Waals surface area (Å²) in [6.45, 7) is 0. The molecule has 0 aliphatic rings. The number of tetrazole rings is 1. The Hall–Kier alpha value is -2.53. The van der Waals surface area contributed by atoms with Crippen molar-refractivity contribution in [2.24, 2.45) is 5.14 Å². The van der Waals surface area contributed by atoms with Crippen LogP contribution in [0.25, 0.3) is 0 Å². The monoisotopic (exact) mass is 283 g/mol. The van der Waals surface area contributed by atoms with Crippen LogP contribution in [-0.2, 0) is 10.2 Å². The van der Waals surface area contributed by atoms with Gasteiger partial charge >= 0.3 is 0 Å². The van der Waals surface area contributed by atoms with E-state index in [1.54, 1.807) is 12.1 Å². The lowest BCUT2D eigenvalue weighted by atomic mass is 10.3.